The second-order valence-electron chi connectivity index (χ2n) is 4.24. The smallest absolute Gasteiger partial charge is 0.246 e. The van der Waals surface area contributed by atoms with Gasteiger partial charge in [0.1, 0.15) is 0 Å². The predicted octanol–water partition coefficient (Wildman–Crippen LogP) is 3.32. The van der Waals surface area contributed by atoms with Crippen LogP contribution in [0.15, 0.2) is 30.3 Å². The highest BCUT2D eigenvalue weighted by Gasteiger charge is 2.13. The van der Waals surface area contributed by atoms with Gasteiger partial charge in [-0.1, -0.05) is 18.2 Å². The highest BCUT2D eigenvalue weighted by molar-refractivity contribution is 14.1. The zero-order chi connectivity index (χ0) is 12.1. The normalized spacial score (nSPS) is 16.4. The Hall–Kier alpha value is -0.840. The Morgan fingerprint density at radius 2 is 1.88 bits per heavy atom. The van der Waals surface area contributed by atoms with Gasteiger partial charge in [-0.25, -0.2) is 0 Å². The second kappa shape index (κ2) is 6.19. The molecule has 0 radical (unpaired) electrons. The molecule has 0 atom stereocenters. The molecule has 1 heterocycles. The SMILES string of the molecule is O=C(C=Cc1ccccc1I)N1CCCCC1. The predicted molar refractivity (Wildman–Crippen MR) is 78.6 cm³/mol. The van der Waals surface area contributed by atoms with E-state index in [0.29, 0.717) is 0 Å². The van der Waals surface area contributed by atoms with Crippen LogP contribution in [0.3, 0.4) is 0 Å². The molecule has 2 nitrogen and oxygen atoms in total. The van der Waals surface area contributed by atoms with Crippen molar-refractivity contribution in [3.05, 3.63) is 39.5 Å². The van der Waals surface area contributed by atoms with Crippen LogP contribution >= 0.6 is 22.6 Å². The van der Waals surface area contributed by atoms with Crippen molar-refractivity contribution in [3.8, 4) is 0 Å². The number of amides is 1. The number of nitrogens with zero attached hydrogens (tertiary/aromatic N) is 1. The van der Waals surface area contributed by atoms with Crippen molar-refractivity contribution in [1.29, 1.82) is 0 Å². The van der Waals surface area contributed by atoms with Crippen molar-refractivity contribution in [2.45, 2.75) is 19.3 Å². The van der Waals surface area contributed by atoms with E-state index < -0.39 is 0 Å². The fourth-order valence-corrected chi connectivity index (χ4v) is 2.56. The lowest BCUT2D eigenvalue weighted by molar-refractivity contribution is -0.126. The van der Waals surface area contributed by atoms with Crippen molar-refractivity contribution in [1.82, 2.24) is 4.90 Å². The fraction of sp³-hybridized carbons (Fsp3) is 0.357. The van der Waals surface area contributed by atoms with Gasteiger partial charge in [0.15, 0.2) is 0 Å². The lowest BCUT2D eigenvalue weighted by Gasteiger charge is -2.25. The molecule has 0 bridgehead atoms. The van der Waals surface area contributed by atoms with Gasteiger partial charge in [0.25, 0.3) is 0 Å². The van der Waals surface area contributed by atoms with Crippen molar-refractivity contribution in [3.63, 3.8) is 0 Å². The van der Waals surface area contributed by atoms with Crippen LogP contribution in [0.25, 0.3) is 6.08 Å². The molecule has 1 aliphatic heterocycles. The lowest BCUT2D eigenvalue weighted by Crippen LogP contribution is -2.34. The molecule has 0 N–H and O–H groups in total. The number of carbonyl (C=O) groups excluding carboxylic acids is 1. The molecule has 17 heavy (non-hydrogen) atoms. The molecule has 1 amide bonds. The largest absolute Gasteiger partial charge is 0.339 e. The Morgan fingerprint density at radius 3 is 2.59 bits per heavy atom. The van der Waals surface area contributed by atoms with Gasteiger partial charge < -0.3 is 4.90 Å². The molecule has 90 valence electrons. The number of carbonyl (C=O) groups is 1. The van der Waals surface area contributed by atoms with Crippen molar-refractivity contribution in [2.75, 3.05) is 13.1 Å². The summed E-state index contributed by atoms with van der Waals surface area (Å²) in [5, 5.41) is 0. The quantitative estimate of drug-likeness (QED) is 0.597. The first-order valence-corrected chi connectivity index (χ1v) is 7.07. The summed E-state index contributed by atoms with van der Waals surface area (Å²) >= 11 is 2.29. The number of benzene rings is 1. The molecule has 3 heteroatoms. The van der Waals surface area contributed by atoms with Crippen LogP contribution in [-0.4, -0.2) is 23.9 Å². The number of likely N-dealkylation sites (tertiary alicyclic amines) is 1. The molecule has 0 aliphatic carbocycles. The van der Waals surface area contributed by atoms with Gasteiger partial charge in [-0.15, -0.1) is 0 Å². The third-order valence-corrected chi connectivity index (χ3v) is 3.96. The molecule has 0 spiro atoms. The van der Waals surface area contributed by atoms with E-state index in [-0.39, 0.29) is 5.91 Å². The summed E-state index contributed by atoms with van der Waals surface area (Å²) in [4.78, 5) is 13.9. The van der Waals surface area contributed by atoms with Gasteiger partial charge >= 0.3 is 0 Å². The number of piperidine rings is 1. The van der Waals surface area contributed by atoms with Crippen molar-refractivity contribution < 1.29 is 4.79 Å². The second-order valence-corrected chi connectivity index (χ2v) is 5.40. The Bertz CT molecular complexity index is 422. The van der Waals surface area contributed by atoms with Crippen LogP contribution in [0.4, 0.5) is 0 Å². The maximum atomic E-state index is 11.9. The van der Waals surface area contributed by atoms with E-state index in [1.54, 1.807) is 6.08 Å². The average molecular weight is 341 g/mol. The standard InChI is InChI=1S/C14H16INO/c15-13-7-3-2-6-12(13)8-9-14(17)16-10-4-1-5-11-16/h2-3,6-9H,1,4-5,10-11H2. The van der Waals surface area contributed by atoms with Gasteiger partial charge in [0.05, 0.1) is 0 Å². The fourth-order valence-electron chi connectivity index (χ4n) is 1.99. The highest BCUT2D eigenvalue weighted by Crippen LogP contribution is 2.14. The van der Waals surface area contributed by atoms with E-state index in [1.165, 1.54) is 9.99 Å². The zero-order valence-corrected chi connectivity index (χ0v) is 11.9. The summed E-state index contributed by atoms with van der Waals surface area (Å²) < 4.78 is 1.17. The van der Waals surface area contributed by atoms with Gasteiger partial charge in [-0.3, -0.25) is 4.79 Å². The molecular formula is C14H16INO. The Labute approximate surface area is 116 Å². The third kappa shape index (κ3) is 3.56. The van der Waals surface area contributed by atoms with Crippen molar-refractivity contribution >= 4 is 34.6 Å². The summed E-state index contributed by atoms with van der Waals surface area (Å²) in [5.41, 5.74) is 1.11. The van der Waals surface area contributed by atoms with Crippen LogP contribution < -0.4 is 0 Å². The van der Waals surface area contributed by atoms with E-state index >= 15 is 0 Å². The molecule has 0 saturated carbocycles. The first kappa shape index (κ1) is 12.6. The minimum Gasteiger partial charge on any atom is -0.339 e. The first-order valence-electron chi connectivity index (χ1n) is 5.99. The summed E-state index contributed by atoms with van der Waals surface area (Å²) in [6.07, 6.45) is 7.15. The first-order chi connectivity index (χ1) is 8.27. The minimum absolute atomic E-state index is 0.143. The van der Waals surface area contributed by atoms with Crippen LogP contribution in [0.1, 0.15) is 24.8 Å². The van der Waals surface area contributed by atoms with E-state index in [9.17, 15) is 4.79 Å². The molecular weight excluding hydrogens is 325 g/mol. The summed E-state index contributed by atoms with van der Waals surface area (Å²) in [7, 11) is 0. The van der Waals surface area contributed by atoms with E-state index in [0.717, 1.165) is 31.5 Å². The summed E-state index contributed by atoms with van der Waals surface area (Å²) in [6, 6.07) is 8.08. The maximum absolute atomic E-state index is 11.9. The van der Waals surface area contributed by atoms with Gasteiger partial charge in [0, 0.05) is 22.7 Å². The molecule has 0 unspecified atom stereocenters. The summed E-state index contributed by atoms with van der Waals surface area (Å²) in [5.74, 6) is 0.143. The molecule has 1 fully saturated rings. The van der Waals surface area contributed by atoms with E-state index in [2.05, 4.69) is 22.6 Å². The van der Waals surface area contributed by atoms with Gasteiger partial charge in [-0.05, 0) is 59.6 Å². The lowest BCUT2D eigenvalue weighted by atomic mass is 10.1. The number of halogens is 1. The van der Waals surface area contributed by atoms with Crippen LogP contribution in [0.2, 0.25) is 0 Å². The third-order valence-electron chi connectivity index (χ3n) is 2.98. The summed E-state index contributed by atoms with van der Waals surface area (Å²) in [6.45, 7) is 1.82. The van der Waals surface area contributed by atoms with Crippen LogP contribution in [-0.2, 0) is 4.79 Å². The van der Waals surface area contributed by atoms with Crippen LogP contribution in [0.5, 0.6) is 0 Å². The van der Waals surface area contributed by atoms with E-state index in [1.807, 2.05) is 35.2 Å². The molecule has 2 rings (SSSR count). The molecule has 0 aromatic heterocycles. The van der Waals surface area contributed by atoms with Crippen LogP contribution in [0, 0.1) is 3.57 Å². The maximum Gasteiger partial charge on any atom is 0.246 e. The van der Waals surface area contributed by atoms with Gasteiger partial charge in [0.2, 0.25) is 5.91 Å². The highest BCUT2D eigenvalue weighted by atomic mass is 127. The molecule has 1 aromatic rings. The molecule has 1 aliphatic rings. The molecule has 1 saturated heterocycles. The monoisotopic (exact) mass is 341 g/mol. The zero-order valence-electron chi connectivity index (χ0n) is 9.73. The van der Waals surface area contributed by atoms with Crippen molar-refractivity contribution in [2.24, 2.45) is 0 Å². The van der Waals surface area contributed by atoms with Gasteiger partial charge in [-0.2, -0.15) is 0 Å². The topological polar surface area (TPSA) is 20.3 Å². The van der Waals surface area contributed by atoms with E-state index in [4.69, 9.17) is 0 Å². The number of hydrogen-bond acceptors (Lipinski definition) is 1. The Balaban J connectivity index is 2.00. The Kier molecular flexibility index (Phi) is 4.59. The number of rotatable bonds is 2. The molecule has 1 aromatic carbocycles. The Morgan fingerprint density at radius 1 is 1.18 bits per heavy atom. The number of hydrogen-bond donors (Lipinski definition) is 0. The minimum atomic E-state index is 0.143. The average Bonchev–Trinajstić information content (AvgIpc) is 2.38.